The van der Waals surface area contributed by atoms with Crippen molar-refractivity contribution in [2.75, 3.05) is 5.73 Å². The van der Waals surface area contributed by atoms with E-state index in [2.05, 4.69) is 20.9 Å². The molecular formula is C13H10BrFN2O2. The van der Waals surface area contributed by atoms with Gasteiger partial charge in [-0.2, -0.15) is 0 Å². The number of aromatic nitrogens is 1. The number of halogens is 2. The molecule has 98 valence electrons. The number of nitrogen functional groups attached to an aromatic ring is 1. The molecule has 1 aromatic heterocycles. The van der Waals surface area contributed by atoms with E-state index in [0.29, 0.717) is 11.3 Å². The van der Waals surface area contributed by atoms with Gasteiger partial charge in [-0.1, -0.05) is 12.1 Å². The molecule has 4 nitrogen and oxygen atoms in total. The number of ether oxygens (including phenoxy) is 1. The normalized spacial score (nSPS) is 10.2. The number of carbonyl (C=O) groups excluding carboxylic acids is 1. The molecule has 0 saturated heterocycles. The van der Waals surface area contributed by atoms with Gasteiger partial charge in [-0.05, 0) is 34.1 Å². The summed E-state index contributed by atoms with van der Waals surface area (Å²) < 4.78 is 18.6. The van der Waals surface area contributed by atoms with Crippen molar-refractivity contribution >= 4 is 27.6 Å². The van der Waals surface area contributed by atoms with Crippen LogP contribution >= 0.6 is 15.9 Å². The zero-order valence-corrected chi connectivity index (χ0v) is 11.4. The smallest absolute Gasteiger partial charge is 0.357 e. The van der Waals surface area contributed by atoms with Gasteiger partial charge in [0.15, 0.2) is 0 Å². The van der Waals surface area contributed by atoms with E-state index >= 15 is 0 Å². The molecule has 2 rings (SSSR count). The maximum absolute atomic E-state index is 13.3. The van der Waals surface area contributed by atoms with Crippen molar-refractivity contribution < 1.29 is 13.9 Å². The number of hydrogen-bond acceptors (Lipinski definition) is 4. The zero-order valence-electron chi connectivity index (χ0n) is 9.77. The van der Waals surface area contributed by atoms with Crippen LogP contribution in [0.1, 0.15) is 16.1 Å². The van der Waals surface area contributed by atoms with Crippen molar-refractivity contribution in [2.24, 2.45) is 0 Å². The van der Waals surface area contributed by atoms with Gasteiger partial charge in [-0.15, -0.1) is 0 Å². The van der Waals surface area contributed by atoms with Gasteiger partial charge in [-0.25, -0.2) is 14.2 Å². The number of benzene rings is 1. The Hall–Kier alpha value is -1.95. The molecular weight excluding hydrogens is 315 g/mol. The summed E-state index contributed by atoms with van der Waals surface area (Å²) in [4.78, 5) is 15.5. The number of pyridine rings is 1. The third-order valence-corrected chi connectivity index (χ3v) is 3.27. The van der Waals surface area contributed by atoms with E-state index in [9.17, 15) is 9.18 Å². The number of nitrogens with zero attached hydrogens (tertiary/aromatic N) is 1. The third-order valence-electron chi connectivity index (χ3n) is 2.39. The molecule has 0 amide bonds. The lowest BCUT2D eigenvalue weighted by molar-refractivity contribution is 0.0464. The van der Waals surface area contributed by atoms with Gasteiger partial charge >= 0.3 is 5.97 Å². The fourth-order valence-corrected chi connectivity index (χ4v) is 1.78. The van der Waals surface area contributed by atoms with Gasteiger partial charge in [0.25, 0.3) is 0 Å². The van der Waals surface area contributed by atoms with Crippen LogP contribution in [0.3, 0.4) is 0 Å². The maximum atomic E-state index is 13.3. The van der Waals surface area contributed by atoms with Crippen LogP contribution in [-0.4, -0.2) is 11.0 Å². The summed E-state index contributed by atoms with van der Waals surface area (Å²) in [5.41, 5.74) is 6.63. The van der Waals surface area contributed by atoms with E-state index in [4.69, 9.17) is 10.5 Å². The number of nitrogens with two attached hydrogens (primary N) is 1. The van der Waals surface area contributed by atoms with Crippen LogP contribution in [-0.2, 0) is 11.3 Å². The molecule has 19 heavy (non-hydrogen) atoms. The fourth-order valence-electron chi connectivity index (χ4n) is 1.40. The largest absolute Gasteiger partial charge is 0.456 e. The predicted octanol–water partition coefficient (Wildman–Crippen LogP) is 2.92. The Morgan fingerprint density at radius 1 is 1.37 bits per heavy atom. The molecule has 2 aromatic rings. The summed E-state index contributed by atoms with van der Waals surface area (Å²) in [7, 11) is 0. The number of hydrogen-bond donors (Lipinski definition) is 1. The summed E-state index contributed by atoms with van der Waals surface area (Å²) in [6, 6.07) is 7.55. The van der Waals surface area contributed by atoms with Gasteiger partial charge in [0.2, 0.25) is 0 Å². The molecule has 0 aliphatic carbocycles. The lowest BCUT2D eigenvalue weighted by atomic mass is 10.2. The SMILES string of the molecule is Nc1ccc(C(=O)OCc2cccc(F)c2Br)nc1. The van der Waals surface area contributed by atoms with Crippen LogP contribution in [0.4, 0.5) is 10.1 Å². The quantitative estimate of drug-likeness (QED) is 0.881. The van der Waals surface area contributed by atoms with E-state index < -0.39 is 11.8 Å². The monoisotopic (exact) mass is 324 g/mol. The van der Waals surface area contributed by atoms with Crippen molar-refractivity contribution in [3.05, 3.63) is 58.1 Å². The first kappa shape index (κ1) is 13.5. The maximum Gasteiger partial charge on any atom is 0.357 e. The molecule has 0 saturated carbocycles. The van der Waals surface area contributed by atoms with Gasteiger partial charge in [0.1, 0.15) is 18.1 Å². The van der Waals surface area contributed by atoms with Gasteiger partial charge in [0, 0.05) is 5.56 Å². The highest BCUT2D eigenvalue weighted by molar-refractivity contribution is 9.10. The molecule has 0 aliphatic rings. The highest BCUT2D eigenvalue weighted by Crippen LogP contribution is 2.21. The van der Waals surface area contributed by atoms with Gasteiger partial charge in [0.05, 0.1) is 16.4 Å². The molecule has 0 aliphatic heterocycles. The van der Waals surface area contributed by atoms with Crippen LogP contribution < -0.4 is 5.73 Å². The van der Waals surface area contributed by atoms with Crippen molar-refractivity contribution in [1.82, 2.24) is 4.98 Å². The first-order valence-electron chi connectivity index (χ1n) is 5.39. The Bertz CT molecular complexity index is 602. The van der Waals surface area contributed by atoms with E-state index in [0.717, 1.165) is 0 Å². The Balaban J connectivity index is 2.04. The highest BCUT2D eigenvalue weighted by atomic mass is 79.9. The van der Waals surface area contributed by atoms with Crippen molar-refractivity contribution in [3.63, 3.8) is 0 Å². The molecule has 0 unspecified atom stereocenters. The summed E-state index contributed by atoms with van der Waals surface area (Å²) in [6.07, 6.45) is 1.37. The lowest BCUT2D eigenvalue weighted by Crippen LogP contribution is -2.08. The minimum Gasteiger partial charge on any atom is -0.456 e. The third kappa shape index (κ3) is 3.29. The lowest BCUT2D eigenvalue weighted by Gasteiger charge is -2.07. The Morgan fingerprint density at radius 3 is 2.84 bits per heavy atom. The van der Waals surface area contributed by atoms with E-state index in [-0.39, 0.29) is 16.8 Å². The van der Waals surface area contributed by atoms with Crippen molar-refractivity contribution in [3.8, 4) is 0 Å². The molecule has 0 fully saturated rings. The standard InChI is InChI=1S/C13H10BrFN2O2/c14-12-8(2-1-3-10(12)15)7-19-13(18)11-5-4-9(16)6-17-11/h1-6H,7,16H2. The minimum atomic E-state index is -0.587. The average Bonchev–Trinajstić information content (AvgIpc) is 2.41. The van der Waals surface area contributed by atoms with E-state index in [1.807, 2.05) is 0 Å². The molecule has 1 heterocycles. The van der Waals surface area contributed by atoms with Crippen molar-refractivity contribution in [1.29, 1.82) is 0 Å². The number of esters is 1. The molecule has 0 radical (unpaired) electrons. The molecule has 1 aromatic carbocycles. The summed E-state index contributed by atoms with van der Waals surface area (Å²) in [5.74, 6) is -0.990. The first-order chi connectivity index (χ1) is 9.08. The van der Waals surface area contributed by atoms with Crippen LogP contribution in [0.5, 0.6) is 0 Å². The van der Waals surface area contributed by atoms with Crippen LogP contribution in [0.25, 0.3) is 0 Å². The van der Waals surface area contributed by atoms with Crippen molar-refractivity contribution in [2.45, 2.75) is 6.61 Å². The molecule has 0 bridgehead atoms. The number of anilines is 1. The average molecular weight is 325 g/mol. The Morgan fingerprint density at radius 2 is 2.16 bits per heavy atom. The zero-order chi connectivity index (χ0) is 13.8. The molecule has 2 N–H and O–H groups in total. The predicted molar refractivity (Wildman–Crippen MR) is 71.9 cm³/mol. The second kappa shape index (κ2) is 5.79. The molecule has 6 heteroatoms. The molecule has 0 atom stereocenters. The van der Waals surface area contributed by atoms with Gasteiger partial charge < -0.3 is 10.5 Å². The minimum absolute atomic E-state index is 0.0385. The van der Waals surface area contributed by atoms with Crippen LogP contribution in [0.15, 0.2) is 41.0 Å². The van der Waals surface area contributed by atoms with Gasteiger partial charge in [-0.3, -0.25) is 0 Å². The summed E-state index contributed by atoms with van der Waals surface area (Å²) in [6.45, 7) is -0.0385. The second-order valence-electron chi connectivity index (χ2n) is 3.77. The summed E-state index contributed by atoms with van der Waals surface area (Å²) >= 11 is 3.10. The highest BCUT2D eigenvalue weighted by Gasteiger charge is 2.11. The summed E-state index contributed by atoms with van der Waals surface area (Å²) in [5, 5.41) is 0. The fraction of sp³-hybridized carbons (Fsp3) is 0.0769. The Kier molecular flexibility index (Phi) is 4.11. The topological polar surface area (TPSA) is 65.2 Å². The first-order valence-corrected chi connectivity index (χ1v) is 6.19. The van der Waals surface area contributed by atoms with E-state index in [1.54, 1.807) is 18.2 Å². The van der Waals surface area contributed by atoms with Crippen LogP contribution in [0.2, 0.25) is 0 Å². The molecule has 0 spiro atoms. The number of carbonyl (C=O) groups is 1. The van der Waals surface area contributed by atoms with Crippen LogP contribution in [0, 0.1) is 5.82 Å². The van der Waals surface area contributed by atoms with E-state index in [1.165, 1.54) is 18.3 Å². The second-order valence-corrected chi connectivity index (χ2v) is 4.56. The Labute approximate surface area is 117 Å². The number of rotatable bonds is 3.